The van der Waals surface area contributed by atoms with Crippen LogP contribution in [-0.2, 0) is 11.3 Å². The summed E-state index contributed by atoms with van der Waals surface area (Å²) in [6.45, 7) is 10.7. The van der Waals surface area contributed by atoms with Crippen LogP contribution in [0.5, 0.6) is 5.75 Å². The minimum Gasteiger partial charge on any atom is -0.494 e. The van der Waals surface area contributed by atoms with Gasteiger partial charge in [0.1, 0.15) is 11.8 Å². The first-order chi connectivity index (χ1) is 16.2. The molecule has 3 aromatic rings. The molecular formula is C27H34N4O3. The van der Waals surface area contributed by atoms with E-state index >= 15 is 0 Å². The molecule has 0 unspecified atom stereocenters. The van der Waals surface area contributed by atoms with Crippen LogP contribution in [0.2, 0.25) is 0 Å². The molecule has 2 aromatic carbocycles. The molecule has 1 aromatic heterocycles. The second kappa shape index (κ2) is 11.0. The molecule has 0 fully saturated rings. The molecule has 0 aliphatic heterocycles. The van der Waals surface area contributed by atoms with Crippen LogP contribution in [0.4, 0.5) is 0 Å². The minimum absolute atomic E-state index is 0.0733. The van der Waals surface area contributed by atoms with E-state index in [4.69, 9.17) is 4.74 Å². The van der Waals surface area contributed by atoms with Crippen molar-refractivity contribution >= 4 is 11.8 Å². The van der Waals surface area contributed by atoms with Gasteiger partial charge in [-0.2, -0.15) is 5.10 Å². The lowest BCUT2D eigenvalue weighted by Crippen LogP contribution is -2.50. The van der Waals surface area contributed by atoms with Crippen molar-refractivity contribution in [1.29, 1.82) is 0 Å². The maximum Gasteiger partial charge on any atom is 0.251 e. The Labute approximate surface area is 201 Å². The van der Waals surface area contributed by atoms with Crippen LogP contribution in [0.1, 0.15) is 48.1 Å². The summed E-state index contributed by atoms with van der Waals surface area (Å²) >= 11 is 0. The zero-order valence-electron chi connectivity index (χ0n) is 20.8. The number of nitrogens with one attached hydrogen (secondary N) is 1. The number of likely N-dealkylation sites (N-methyl/N-ethyl adjacent to an activating group) is 1. The summed E-state index contributed by atoms with van der Waals surface area (Å²) in [5, 5.41) is 7.60. The first-order valence-electron chi connectivity index (χ1n) is 11.6. The first kappa shape index (κ1) is 25.0. The maximum atomic E-state index is 13.4. The summed E-state index contributed by atoms with van der Waals surface area (Å²) in [5.74, 6) is 0.209. The highest BCUT2D eigenvalue weighted by atomic mass is 16.5. The summed E-state index contributed by atoms with van der Waals surface area (Å²) in [6.07, 6.45) is 0. The molecule has 7 heteroatoms. The molecule has 0 saturated carbocycles. The van der Waals surface area contributed by atoms with Crippen molar-refractivity contribution in [1.82, 2.24) is 20.0 Å². The number of ether oxygens (including phenoxy) is 1. The molecule has 7 nitrogen and oxygen atoms in total. The number of nitrogens with zero attached hydrogens (tertiary/aromatic N) is 3. The lowest BCUT2D eigenvalue weighted by molar-refractivity contribution is -0.133. The van der Waals surface area contributed by atoms with E-state index in [1.165, 1.54) is 0 Å². The molecule has 1 heterocycles. The number of hydrogen-bond donors (Lipinski definition) is 1. The molecule has 0 saturated heterocycles. The Hall–Kier alpha value is -3.61. The SMILES string of the molecule is CCOc1ccc(C(=O)N[C@@H](C(=O)N(C)Cc2c(C)nn(-c3ccccc3)c2C)C(C)C)cc1. The van der Waals surface area contributed by atoms with Gasteiger partial charge in [-0.05, 0) is 63.1 Å². The number of carbonyl (C=O) groups excluding carboxylic acids is 2. The summed E-state index contributed by atoms with van der Waals surface area (Å²) in [6, 6.07) is 16.2. The molecule has 34 heavy (non-hydrogen) atoms. The third kappa shape index (κ3) is 5.65. The molecule has 1 N–H and O–H groups in total. The molecule has 1 atom stereocenters. The van der Waals surface area contributed by atoms with Gasteiger partial charge in [0.2, 0.25) is 5.91 Å². The van der Waals surface area contributed by atoms with Gasteiger partial charge in [-0.25, -0.2) is 4.68 Å². The summed E-state index contributed by atoms with van der Waals surface area (Å²) in [7, 11) is 1.76. The van der Waals surface area contributed by atoms with Gasteiger partial charge in [-0.1, -0.05) is 32.0 Å². The highest BCUT2D eigenvalue weighted by Gasteiger charge is 2.28. The van der Waals surface area contributed by atoms with E-state index in [9.17, 15) is 9.59 Å². The van der Waals surface area contributed by atoms with Crippen LogP contribution in [0.15, 0.2) is 54.6 Å². The Morgan fingerprint density at radius 2 is 1.71 bits per heavy atom. The third-order valence-corrected chi connectivity index (χ3v) is 5.86. The van der Waals surface area contributed by atoms with Crippen LogP contribution in [0, 0.1) is 19.8 Å². The molecule has 0 aliphatic rings. The molecular weight excluding hydrogens is 428 g/mol. The number of amides is 2. The van der Waals surface area contributed by atoms with Crippen molar-refractivity contribution in [2.45, 2.75) is 47.2 Å². The monoisotopic (exact) mass is 462 g/mol. The Balaban J connectivity index is 1.73. The fourth-order valence-corrected chi connectivity index (χ4v) is 3.88. The van der Waals surface area contributed by atoms with Crippen molar-refractivity contribution < 1.29 is 14.3 Å². The van der Waals surface area contributed by atoms with Gasteiger partial charge in [0, 0.05) is 30.4 Å². The number of rotatable bonds is 9. The predicted molar refractivity (Wildman–Crippen MR) is 133 cm³/mol. The van der Waals surface area contributed by atoms with Gasteiger partial charge >= 0.3 is 0 Å². The lowest BCUT2D eigenvalue weighted by Gasteiger charge is -2.27. The van der Waals surface area contributed by atoms with E-state index < -0.39 is 6.04 Å². The van der Waals surface area contributed by atoms with Gasteiger partial charge in [0.15, 0.2) is 0 Å². The van der Waals surface area contributed by atoms with E-state index in [2.05, 4.69) is 10.4 Å². The van der Waals surface area contributed by atoms with Crippen molar-refractivity contribution in [3.63, 3.8) is 0 Å². The summed E-state index contributed by atoms with van der Waals surface area (Å²) in [4.78, 5) is 27.9. The fraction of sp³-hybridized carbons (Fsp3) is 0.370. The molecule has 2 amide bonds. The zero-order valence-corrected chi connectivity index (χ0v) is 20.8. The van der Waals surface area contributed by atoms with Crippen molar-refractivity contribution in [3.8, 4) is 11.4 Å². The average Bonchev–Trinajstić information content (AvgIpc) is 3.11. The zero-order chi connectivity index (χ0) is 24.8. The molecule has 0 radical (unpaired) electrons. The van der Waals surface area contributed by atoms with Crippen LogP contribution in [-0.4, -0.2) is 46.2 Å². The molecule has 0 bridgehead atoms. The summed E-state index contributed by atoms with van der Waals surface area (Å²) < 4.78 is 7.34. The van der Waals surface area contributed by atoms with Gasteiger partial charge in [-0.3, -0.25) is 9.59 Å². The average molecular weight is 463 g/mol. The second-order valence-electron chi connectivity index (χ2n) is 8.74. The Morgan fingerprint density at radius 1 is 1.06 bits per heavy atom. The van der Waals surface area contributed by atoms with Gasteiger partial charge in [0.25, 0.3) is 5.91 Å². The first-order valence-corrected chi connectivity index (χ1v) is 11.6. The predicted octanol–water partition coefficient (Wildman–Crippen LogP) is 4.30. The van der Waals surface area contributed by atoms with Gasteiger partial charge in [-0.15, -0.1) is 0 Å². The van der Waals surface area contributed by atoms with Gasteiger partial charge in [0.05, 0.1) is 18.0 Å². The van der Waals surface area contributed by atoms with Crippen LogP contribution >= 0.6 is 0 Å². The number of carbonyl (C=O) groups is 2. The lowest BCUT2D eigenvalue weighted by atomic mass is 10.0. The number of para-hydroxylation sites is 1. The molecule has 3 rings (SSSR count). The molecule has 0 aliphatic carbocycles. The molecule has 0 spiro atoms. The van der Waals surface area contributed by atoms with Crippen LogP contribution < -0.4 is 10.1 Å². The van der Waals surface area contributed by atoms with Gasteiger partial charge < -0.3 is 15.0 Å². The smallest absolute Gasteiger partial charge is 0.251 e. The Bertz CT molecular complexity index is 1120. The second-order valence-corrected chi connectivity index (χ2v) is 8.74. The van der Waals surface area contributed by atoms with Crippen LogP contribution in [0.3, 0.4) is 0 Å². The number of hydrogen-bond acceptors (Lipinski definition) is 4. The largest absolute Gasteiger partial charge is 0.494 e. The van der Waals surface area contributed by atoms with Crippen molar-refractivity contribution in [2.75, 3.05) is 13.7 Å². The quantitative estimate of drug-likeness (QED) is 0.514. The number of aromatic nitrogens is 2. The highest BCUT2D eigenvalue weighted by molar-refractivity contribution is 5.97. The normalized spacial score (nSPS) is 11.9. The maximum absolute atomic E-state index is 13.4. The van der Waals surface area contributed by atoms with E-state index in [0.29, 0.717) is 24.5 Å². The van der Waals surface area contributed by atoms with E-state index in [0.717, 1.165) is 22.6 Å². The van der Waals surface area contributed by atoms with Crippen LogP contribution in [0.25, 0.3) is 5.69 Å². The minimum atomic E-state index is -0.645. The number of benzene rings is 2. The third-order valence-electron chi connectivity index (χ3n) is 5.86. The number of aryl methyl sites for hydroxylation is 1. The van der Waals surface area contributed by atoms with Crippen molar-refractivity contribution in [3.05, 3.63) is 77.1 Å². The fourth-order valence-electron chi connectivity index (χ4n) is 3.88. The Morgan fingerprint density at radius 3 is 2.29 bits per heavy atom. The highest BCUT2D eigenvalue weighted by Crippen LogP contribution is 2.20. The summed E-state index contributed by atoms with van der Waals surface area (Å²) in [5.41, 5.74) is 4.33. The van der Waals surface area contributed by atoms with E-state index in [1.54, 1.807) is 36.2 Å². The standard InChI is InChI=1S/C27H34N4O3/c1-7-34-23-15-13-21(14-16-23)26(32)28-25(18(2)3)27(33)30(6)17-24-19(4)29-31(20(24)5)22-11-9-8-10-12-22/h8-16,18,25H,7,17H2,1-6H3,(H,28,32)/t25-/m1/s1. The van der Waals surface area contributed by atoms with Crippen molar-refractivity contribution in [2.24, 2.45) is 5.92 Å². The van der Waals surface area contributed by atoms with E-state index in [-0.39, 0.29) is 17.7 Å². The molecule has 180 valence electrons. The van der Waals surface area contributed by atoms with E-state index in [1.807, 2.05) is 69.6 Å². The Kier molecular flexibility index (Phi) is 8.10. The topological polar surface area (TPSA) is 76.5 Å².